The van der Waals surface area contributed by atoms with Crippen LogP contribution >= 0.6 is 10.8 Å². The fraction of sp³-hybridized carbons (Fsp3) is 0.296. The van der Waals surface area contributed by atoms with Crippen molar-refractivity contribution >= 4 is 16.7 Å². The van der Waals surface area contributed by atoms with Gasteiger partial charge < -0.3 is 9.84 Å². The Morgan fingerprint density at radius 2 is 1.86 bits per heavy atom. The second-order valence-electron chi connectivity index (χ2n) is 9.05. The van der Waals surface area contributed by atoms with E-state index in [-0.39, 0.29) is 24.9 Å². The molecule has 0 saturated carbocycles. The van der Waals surface area contributed by atoms with Crippen molar-refractivity contribution in [2.45, 2.75) is 50.7 Å². The zero-order valence-corrected chi connectivity index (χ0v) is 20.8. The van der Waals surface area contributed by atoms with Crippen LogP contribution in [0.4, 0.5) is 4.39 Å². The summed E-state index contributed by atoms with van der Waals surface area (Å²) in [4.78, 5) is 12.1. The second-order valence-corrected chi connectivity index (χ2v) is 11.0. The third-order valence-electron chi connectivity index (χ3n) is 6.40. The summed E-state index contributed by atoms with van der Waals surface area (Å²) in [5, 5.41) is 9.60. The number of hydrogen-bond acceptors (Lipinski definition) is 5. The first kappa shape index (κ1) is 25.2. The van der Waals surface area contributed by atoms with Gasteiger partial charge in [0.25, 0.3) is 0 Å². The molecule has 8 heteroatoms. The van der Waals surface area contributed by atoms with E-state index in [1.165, 1.54) is 12.1 Å². The molecule has 6 nitrogen and oxygen atoms in total. The van der Waals surface area contributed by atoms with Crippen molar-refractivity contribution in [2.75, 3.05) is 6.54 Å². The first-order chi connectivity index (χ1) is 16.6. The lowest BCUT2D eigenvalue weighted by atomic mass is 9.84. The number of carboxylic acids is 1. The molecule has 3 aromatic carbocycles. The molecule has 0 radical (unpaired) electrons. The number of hydrogen-bond donors (Lipinski definition) is 3. The van der Waals surface area contributed by atoms with E-state index in [1.54, 1.807) is 41.6 Å². The largest absolute Gasteiger partial charge is 0.487 e. The molecule has 4 rings (SSSR count). The van der Waals surface area contributed by atoms with E-state index < -0.39 is 22.7 Å². The van der Waals surface area contributed by atoms with Gasteiger partial charge in [0.05, 0.1) is 13.0 Å². The van der Waals surface area contributed by atoms with Crippen LogP contribution in [0.5, 0.6) is 5.75 Å². The van der Waals surface area contributed by atoms with Crippen LogP contribution in [0.3, 0.4) is 0 Å². The average Bonchev–Trinajstić information content (AvgIpc) is 2.87. The molecular weight excluding hydrogens is 469 g/mol. The minimum atomic E-state index is -3.31. The van der Waals surface area contributed by atoms with E-state index in [0.717, 1.165) is 22.3 Å². The quantitative estimate of drug-likeness (QED) is 0.366. The van der Waals surface area contributed by atoms with Gasteiger partial charge in [-0.05, 0) is 72.9 Å². The Bertz CT molecular complexity index is 1250. The number of rotatable bonds is 6. The van der Waals surface area contributed by atoms with Crippen LogP contribution in [0.1, 0.15) is 47.1 Å². The normalized spacial score (nSPS) is 19.2. The zero-order chi connectivity index (χ0) is 25.3. The summed E-state index contributed by atoms with van der Waals surface area (Å²) >= 11 is 0. The topological polar surface area (TPSA) is 90.2 Å². The van der Waals surface area contributed by atoms with Crippen LogP contribution < -0.4 is 4.74 Å². The van der Waals surface area contributed by atoms with Gasteiger partial charge in [0.15, 0.2) is 0 Å². The van der Waals surface area contributed by atoms with Gasteiger partial charge in [-0.3, -0.25) is 13.9 Å². The number of aryl methyl sites for hydroxylation is 2. The van der Waals surface area contributed by atoms with Crippen LogP contribution in [0, 0.1) is 19.7 Å². The molecule has 35 heavy (non-hydrogen) atoms. The number of para-hydroxylation sites is 1. The van der Waals surface area contributed by atoms with Crippen molar-refractivity contribution in [2.24, 2.45) is 0 Å². The van der Waals surface area contributed by atoms with Gasteiger partial charge >= 0.3 is 5.97 Å². The predicted octanol–water partition coefficient (Wildman–Crippen LogP) is 6.36. The molecular formula is C27H30FNO5S. The van der Waals surface area contributed by atoms with Crippen LogP contribution in [-0.2, 0) is 11.3 Å². The summed E-state index contributed by atoms with van der Waals surface area (Å²) < 4.78 is 43.8. The maximum absolute atomic E-state index is 13.7. The van der Waals surface area contributed by atoms with Gasteiger partial charge in [-0.1, -0.05) is 36.4 Å². The second kappa shape index (κ2) is 9.99. The molecule has 2 atom stereocenters. The highest BCUT2D eigenvalue weighted by Crippen LogP contribution is 2.57. The number of carbonyl (C=O) groups is 1. The van der Waals surface area contributed by atoms with Gasteiger partial charge in [-0.2, -0.15) is 4.31 Å². The number of fused-ring (bicyclic) bond motifs is 1. The molecule has 186 valence electrons. The first-order valence-corrected chi connectivity index (χ1v) is 12.9. The molecule has 0 amide bonds. The Kier molecular flexibility index (Phi) is 7.19. The highest BCUT2D eigenvalue weighted by atomic mass is 32.3. The first-order valence-electron chi connectivity index (χ1n) is 11.4. The average molecular weight is 500 g/mol. The lowest BCUT2D eigenvalue weighted by molar-refractivity contribution is -0.137. The van der Waals surface area contributed by atoms with E-state index in [2.05, 4.69) is 0 Å². The Balaban J connectivity index is 1.72. The van der Waals surface area contributed by atoms with Crippen LogP contribution in [0.15, 0.2) is 65.6 Å². The molecule has 1 aliphatic rings. The van der Waals surface area contributed by atoms with E-state index in [0.29, 0.717) is 22.8 Å². The number of benzene rings is 3. The zero-order valence-electron chi connectivity index (χ0n) is 19.9. The lowest BCUT2D eigenvalue weighted by Gasteiger charge is -2.42. The van der Waals surface area contributed by atoms with Crippen molar-refractivity contribution in [1.82, 2.24) is 4.31 Å². The maximum Gasteiger partial charge on any atom is 0.304 e. The minimum absolute atomic E-state index is 0.147. The number of carboxylic acid groups (broad SMARTS) is 1. The van der Waals surface area contributed by atoms with Crippen molar-refractivity contribution < 1.29 is 28.1 Å². The molecule has 0 aromatic heterocycles. The summed E-state index contributed by atoms with van der Waals surface area (Å²) in [6.45, 7) is 6.14. The summed E-state index contributed by atoms with van der Waals surface area (Å²) in [6.07, 6.45) is -0.415. The van der Waals surface area contributed by atoms with Gasteiger partial charge in [0.2, 0.25) is 0 Å². The monoisotopic (exact) mass is 499 g/mol. The highest BCUT2D eigenvalue weighted by molar-refractivity contribution is 8.22. The number of halogens is 1. The van der Waals surface area contributed by atoms with Crippen molar-refractivity contribution in [3.63, 3.8) is 0 Å². The van der Waals surface area contributed by atoms with Gasteiger partial charge in [0, 0.05) is 12.5 Å². The van der Waals surface area contributed by atoms with E-state index >= 15 is 0 Å². The fourth-order valence-electron chi connectivity index (χ4n) is 4.59. The molecule has 1 aliphatic heterocycles. The van der Waals surface area contributed by atoms with E-state index in [4.69, 9.17) is 4.74 Å². The Morgan fingerprint density at radius 3 is 2.57 bits per heavy atom. The smallest absolute Gasteiger partial charge is 0.304 e. The lowest BCUT2D eigenvalue weighted by Crippen LogP contribution is -2.33. The molecule has 1 heterocycles. The fourth-order valence-corrected chi connectivity index (χ4v) is 6.25. The van der Waals surface area contributed by atoms with Gasteiger partial charge in [-0.15, -0.1) is 10.8 Å². The highest BCUT2D eigenvalue weighted by Gasteiger charge is 2.34. The third kappa shape index (κ3) is 5.36. The van der Waals surface area contributed by atoms with E-state index in [1.807, 2.05) is 32.0 Å². The molecule has 3 aromatic rings. The Morgan fingerprint density at radius 1 is 1.11 bits per heavy atom. The standard InChI is InChI=1S/C27H30FNO5S/c1-17-8-9-20(24(14-27(30)31)23-11-10-22(28)12-18(23)2)13-21(17)16-29-15-19(3)34-25-6-4-5-7-26(25)35(29,32)33/h4-13,19,24,32-33H,14-16H2,1-3H3,(H,30,31). The van der Waals surface area contributed by atoms with Crippen LogP contribution in [0.25, 0.3) is 0 Å². The predicted molar refractivity (Wildman–Crippen MR) is 134 cm³/mol. The summed E-state index contributed by atoms with van der Waals surface area (Å²) in [5.74, 6) is -1.33. The summed E-state index contributed by atoms with van der Waals surface area (Å²) in [5.41, 5.74) is 4.00. The molecule has 0 saturated heterocycles. The Labute approximate surface area is 206 Å². The summed E-state index contributed by atoms with van der Waals surface area (Å²) in [7, 11) is -3.31. The number of aliphatic carboxylic acids is 1. The number of ether oxygens (including phenoxy) is 1. The van der Waals surface area contributed by atoms with Crippen LogP contribution in [-0.4, -0.2) is 37.1 Å². The summed E-state index contributed by atoms with van der Waals surface area (Å²) in [6, 6.07) is 17.1. The Hall–Kier alpha value is -2.91. The molecule has 0 bridgehead atoms. The third-order valence-corrected chi connectivity index (χ3v) is 8.33. The van der Waals surface area contributed by atoms with Gasteiger partial charge in [-0.25, -0.2) is 4.39 Å². The number of nitrogens with zero attached hydrogens (tertiary/aromatic N) is 1. The minimum Gasteiger partial charge on any atom is -0.487 e. The maximum atomic E-state index is 13.7. The van der Waals surface area contributed by atoms with Crippen molar-refractivity contribution in [3.05, 3.63) is 94.3 Å². The van der Waals surface area contributed by atoms with Gasteiger partial charge in [0.1, 0.15) is 22.6 Å². The molecule has 2 unspecified atom stereocenters. The molecule has 3 N–H and O–H groups in total. The molecule has 0 aliphatic carbocycles. The van der Waals surface area contributed by atoms with Crippen molar-refractivity contribution in [1.29, 1.82) is 0 Å². The molecule has 0 spiro atoms. The molecule has 0 fully saturated rings. The van der Waals surface area contributed by atoms with Crippen LogP contribution in [0.2, 0.25) is 0 Å². The van der Waals surface area contributed by atoms with Crippen molar-refractivity contribution in [3.8, 4) is 5.75 Å². The van der Waals surface area contributed by atoms with E-state index in [9.17, 15) is 23.4 Å². The SMILES string of the molecule is Cc1ccc(C(CC(=O)O)c2ccc(F)cc2C)cc1CN1CC(C)Oc2ccccc2S1(O)O.